The summed E-state index contributed by atoms with van der Waals surface area (Å²) in [6, 6.07) is 6.22. The molecule has 0 aliphatic carbocycles. The van der Waals surface area contributed by atoms with Crippen LogP contribution in [0.5, 0.6) is 0 Å². The lowest BCUT2D eigenvalue weighted by molar-refractivity contribution is -0.113. The van der Waals surface area contributed by atoms with Crippen molar-refractivity contribution in [2.75, 3.05) is 11.1 Å². The first kappa shape index (κ1) is 22.0. The molecule has 3 rings (SSSR count). The minimum atomic E-state index is -0.404. The number of carbonyl (C=O) groups is 2. The third-order valence-corrected chi connectivity index (χ3v) is 5.82. The predicted octanol–water partition coefficient (Wildman–Crippen LogP) is 3.80. The van der Waals surface area contributed by atoms with Crippen molar-refractivity contribution in [1.82, 2.24) is 25.1 Å². The van der Waals surface area contributed by atoms with Crippen molar-refractivity contribution in [3.05, 3.63) is 64.9 Å². The monoisotopic (exact) mass is 462 g/mol. The van der Waals surface area contributed by atoms with E-state index in [9.17, 15) is 9.59 Å². The summed E-state index contributed by atoms with van der Waals surface area (Å²) in [5, 5.41) is 17.5. The third-order valence-electron chi connectivity index (χ3n) is 3.91. The van der Waals surface area contributed by atoms with Gasteiger partial charge in [-0.15, -0.1) is 28.1 Å². The van der Waals surface area contributed by atoms with E-state index in [2.05, 4.69) is 32.4 Å². The van der Waals surface area contributed by atoms with E-state index in [1.807, 2.05) is 11.5 Å². The number of amides is 2. The van der Waals surface area contributed by atoms with E-state index in [4.69, 9.17) is 11.6 Å². The Bertz CT molecular complexity index is 1020. The zero-order chi connectivity index (χ0) is 21.5. The number of halogens is 1. The summed E-state index contributed by atoms with van der Waals surface area (Å²) in [7, 11) is 0. The van der Waals surface area contributed by atoms with Gasteiger partial charge in [0, 0.05) is 28.7 Å². The smallest absolute Gasteiger partial charge is 0.251 e. The van der Waals surface area contributed by atoms with Crippen molar-refractivity contribution < 1.29 is 9.59 Å². The molecule has 8 nitrogen and oxygen atoms in total. The number of allylic oxidation sites excluding steroid dienone is 1. The summed E-state index contributed by atoms with van der Waals surface area (Å²) in [6.45, 7) is 6.03. The number of benzene rings is 1. The van der Waals surface area contributed by atoms with Crippen LogP contribution < -0.4 is 10.6 Å². The molecular weight excluding hydrogens is 444 g/mol. The fourth-order valence-electron chi connectivity index (χ4n) is 2.54. The summed E-state index contributed by atoms with van der Waals surface area (Å²) < 4.78 is 1.82. The van der Waals surface area contributed by atoms with E-state index in [0.29, 0.717) is 33.2 Å². The number of hydrogen-bond donors (Lipinski definition) is 2. The highest BCUT2D eigenvalue weighted by Crippen LogP contribution is 2.22. The molecule has 1 aromatic carbocycles. The first-order valence-electron chi connectivity index (χ1n) is 8.90. The lowest BCUT2D eigenvalue weighted by atomic mass is 10.2. The second kappa shape index (κ2) is 10.4. The highest BCUT2D eigenvalue weighted by molar-refractivity contribution is 7.99. The van der Waals surface area contributed by atoms with Gasteiger partial charge in [0.25, 0.3) is 5.91 Å². The fraction of sp³-hybridized carbons (Fsp3) is 0.211. The van der Waals surface area contributed by atoms with Gasteiger partial charge >= 0.3 is 0 Å². The summed E-state index contributed by atoms with van der Waals surface area (Å²) in [6.07, 6.45) is 3.33. The molecule has 3 aromatic rings. The van der Waals surface area contributed by atoms with Crippen molar-refractivity contribution in [2.24, 2.45) is 0 Å². The number of carbonyl (C=O) groups excluding carboxylic acids is 2. The normalized spacial score (nSPS) is 11.7. The van der Waals surface area contributed by atoms with E-state index in [1.54, 1.807) is 41.9 Å². The van der Waals surface area contributed by atoms with E-state index >= 15 is 0 Å². The molecule has 0 aliphatic heterocycles. The zero-order valence-corrected chi connectivity index (χ0v) is 18.4. The topological polar surface area (TPSA) is 102 Å². The van der Waals surface area contributed by atoms with Crippen LogP contribution >= 0.6 is 34.7 Å². The highest BCUT2D eigenvalue weighted by Gasteiger charge is 2.20. The van der Waals surface area contributed by atoms with Crippen LogP contribution in [0, 0.1) is 0 Å². The Morgan fingerprint density at radius 3 is 2.77 bits per heavy atom. The van der Waals surface area contributed by atoms with E-state index in [-0.39, 0.29) is 17.6 Å². The summed E-state index contributed by atoms with van der Waals surface area (Å²) in [5.74, 6) is 0.290. The van der Waals surface area contributed by atoms with Crippen molar-refractivity contribution in [1.29, 1.82) is 0 Å². The average Bonchev–Trinajstić information content (AvgIpc) is 3.37. The van der Waals surface area contributed by atoms with Gasteiger partial charge in [-0.2, -0.15) is 0 Å². The molecule has 0 unspecified atom stereocenters. The Labute approximate surface area is 186 Å². The van der Waals surface area contributed by atoms with Gasteiger partial charge in [0.05, 0.1) is 11.8 Å². The quantitative estimate of drug-likeness (QED) is 0.370. The molecule has 0 spiro atoms. The maximum absolute atomic E-state index is 12.5. The molecule has 11 heteroatoms. The van der Waals surface area contributed by atoms with Crippen molar-refractivity contribution in [2.45, 2.75) is 24.7 Å². The van der Waals surface area contributed by atoms with Gasteiger partial charge in [-0.1, -0.05) is 29.4 Å². The molecule has 2 heterocycles. The van der Waals surface area contributed by atoms with Gasteiger partial charge in [0.15, 0.2) is 16.1 Å². The molecule has 0 saturated heterocycles. The standard InChI is InChI=1S/C19H19ClN6O2S2/c1-3-9-26-16(12(2)22-17(28)13-4-6-14(20)7-5-13)24-25-19(26)30-11-15(27)23-18-21-8-10-29-18/h3-8,10,12H,1,9,11H2,2H3,(H,22,28)(H,21,23,27)/t12-/m0/s1. The number of rotatable bonds is 9. The van der Waals surface area contributed by atoms with Crippen LogP contribution in [0.3, 0.4) is 0 Å². The molecule has 30 heavy (non-hydrogen) atoms. The van der Waals surface area contributed by atoms with Crippen LogP contribution in [0.15, 0.2) is 53.7 Å². The van der Waals surface area contributed by atoms with Crippen LogP contribution in [-0.4, -0.2) is 37.3 Å². The summed E-state index contributed by atoms with van der Waals surface area (Å²) in [4.78, 5) is 28.6. The van der Waals surface area contributed by atoms with Crippen LogP contribution in [0.4, 0.5) is 5.13 Å². The maximum atomic E-state index is 12.5. The van der Waals surface area contributed by atoms with Gasteiger partial charge in [0.1, 0.15) is 0 Å². The molecular formula is C19H19ClN6O2S2. The second-order valence-electron chi connectivity index (χ2n) is 6.12. The van der Waals surface area contributed by atoms with Gasteiger partial charge in [-0.3, -0.25) is 9.59 Å². The van der Waals surface area contributed by atoms with E-state index in [0.717, 1.165) is 0 Å². The third kappa shape index (κ3) is 5.68. The van der Waals surface area contributed by atoms with E-state index in [1.165, 1.54) is 23.1 Å². The largest absolute Gasteiger partial charge is 0.342 e. The first-order chi connectivity index (χ1) is 14.5. The zero-order valence-electron chi connectivity index (χ0n) is 16.0. The first-order valence-corrected chi connectivity index (χ1v) is 11.1. The molecule has 1 atom stereocenters. The number of hydrogen-bond acceptors (Lipinski definition) is 7. The lowest BCUT2D eigenvalue weighted by Crippen LogP contribution is -2.28. The molecule has 0 aliphatic rings. The molecule has 0 saturated carbocycles. The van der Waals surface area contributed by atoms with Crippen molar-refractivity contribution in [3.63, 3.8) is 0 Å². The van der Waals surface area contributed by atoms with Gasteiger partial charge in [-0.05, 0) is 31.2 Å². The fourth-order valence-corrected chi connectivity index (χ4v) is 3.97. The van der Waals surface area contributed by atoms with E-state index < -0.39 is 6.04 Å². The predicted molar refractivity (Wildman–Crippen MR) is 119 cm³/mol. The number of nitrogens with one attached hydrogen (secondary N) is 2. The van der Waals surface area contributed by atoms with Crippen LogP contribution in [-0.2, 0) is 11.3 Å². The highest BCUT2D eigenvalue weighted by atomic mass is 35.5. The van der Waals surface area contributed by atoms with Crippen molar-refractivity contribution >= 4 is 51.6 Å². The van der Waals surface area contributed by atoms with Crippen molar-refractivity contribution in [3.8, 4) is 0 Å². The number of nitrogens with zero attached hydrogens (tertiary/aromatic N) is 4. The Hall–Kier alpha value is -2.69. The van der Waals surface area contributed by atoms with Crippen LogP contribution in [0.25, 0.3) is 0 Å². The average molecular weight is 463 g/mol. The maximum Gasteiger partial charge on any atom is 0.251 e. The van der Waals surface area contributed by atoms with Gasteiger partial charge in [-0.25, -0.2) is 4.98 Å². The van der Waals surface area contributed by atoms with Gasteiger partial charge in [0.2, 0.25) is 5.91 Å². The SMILES string of the molecule is C=CCn1c(SCC(=O)Nc2nccs2)nnc1[C@H](C)NC(=O)c1ccc(Cl)cc1. The second-order valence-corrected chi connectivity index (χ2v) is 8.39. The lowest BCUT2D eigenvalue weighted by Gasteiger charge is -2.15. The van der Waals surface area contributed by atoms with Gasteiger partial charge < -0.3 is 15.2 Å². The number of thiazole rings is 1. The Morgan fingerprint density at radius 1 is 1.33 bits per heavy atom. The van der Waals surface area contributed by atoms with Crippen LogP contribution in [0.1, 0.15) is 29.1 Å². The Kier molecular flexibility index (Phi) is 7.61. The summed E-state index contributed by atoms with van der Waals surface area (Å²) in [5.41, 5.74) is 0.495. The van der Waals surface area contributed by atoms with Crippen LogP contribution in [0.2, 0.25) is 5.02 Å². The number of thioether (sulfide) groups is 1. The number of aromatic nitrogens is 4. The number of anilines is 1. The molecule has 0 radical (unpaired) electrons. The molecule has 2 aromatic heterocycles. The minimum absolute atomic E-state index is 0.153. The molecule has 0 fully saturated rings. The minimum Gasteiger partial charge on any atom is -0.342 e. The summed E-state index contributed by atoms with van der Waals surface area (Å²) >= 11 is 8.47. The Balaban J connectivity index is 1.66. The molecule has 2 N–H and O–H groups in total. The molecule has 2 amide bonds. The molecule has 0 bridgehead atoms. The Morgan fingerprint density at radius 2 is 2.10 bits per heavy atom. The molecule has 156 valence electrons.